The normalized spacial score (nSPS) is 16.2. The summed E-state index contributed by atoms with van der Waals surface area (Å²) in [6.07, 6.45) is 3.13. The van der Waals surface area contributed by atoms with Crippen molar-refractivity contribution in [1.29, 1.82) is 0 Å². The van der Waals surface area contributed by atoms with E-state index in [2.05, 4.69) is 5.32 Å². The summed E-state index contributed by atoms with van der Waals surface area (Å²) < 4.78 is 16.8. The fourth-order valence-electron chi connectivity index (χ4n) is 4.10. The molecule has 2 aromatic rings. The second-order valence-corrected chi connectivity index (χ2v) is 7.72. The summed E-state index contributed by atoms with van der Waals surface area (Å²) in [6.45, 7) is 2.43. The maximum atomic E-state index is 13.0. The topological polar surface area (TPSA) is 97.3 Å². The minimum atomic E-state index is -0.688. The lowest BCUT2D eigenvalue weighted by atomic mass is 9.82. The first-order chi connectivity index (χ1) is 15.0. The molecule has 0 spiro atoms. The Morgan fingerprint density at radius 3 is 2.52 bits per heavy atom. The highest BCUT2D eigenvalue weighted by Gasteiger charge is 2.27. The molecule has 168 valence electrons. The summed E-state index contributed by atoms with van der Waals surface area (Å²) in [5.41, 5.74) is 1.74. The smallest absolute Gasteiger partial charge is 0.261 e. The van der Waals surface area contributed by atoms with Crippen molar-refractivity contribution >= 4 is 5.91 Å². The Kier molecular flexibility index (Phi) is 7.50. The van der Waals surface area contributed by atoms with Crippen LogP contribution >= 0.6 is 0 Å². The van der Waals surface area contributed by atoms with Crippen molar-refractivity contribution in [3.05, 3.63) is 41.5 Å². The second-order valence-electron chi connectivity index (χ2n) is 7.72. The van der Waals surface area contributed by atoms with Crippen molar-refractivity contribution in [2.45, 2.75) is 51.0 Å². The molecule has 0 aliphatic heterocycles. The number of fused-ring (bicyclic) bond motifs is 1. The van der Waals surface area contributed by atoms with Gasteiger partial charge in [0.1, 0.15) is 0 Å². The molecule has 3 rings (SSSR count). The highest BCUT2D eigenvalue weighted by atomic mass is 16.5. The highest BCUT2D eigenvalue weighted by molar-refractivity contribution is 5.81. The quantitative estimate of drug-likeness (QED) is 0.523. The van der Waals surface area contributed by atoms with E-state index in [1.807, 2.05) is 13.0 Å². The Hall–Kier alpha value is -3.09. The van der Waals surface area contributed by atoms with Crippen molar-refractivity contribution in [2.24, 2.45) is 0 Å². The molecule has 2 aromatic carbocycles. The zero-order valence-electron chi connectivity index (χ0n) is 18.3. The molecule has 3 N–H and O–H groups in total. The molecule has 0 radical (unpaired) electrons. The summed E-state index contributed by atoms with van der Waals surface area (Å²) in [5.74, 6) is 1.13. The van der Waals surface area contributed by atoms with E-state index < -0.39 is 6.10 Å². The lowest BCUT2D eigenvalue weighted by Crippen LogP contribution is -2.40. The van der Waals surface area contributed by atoms with Gasteiger partial charge in [-0.3, -0.25) is 4.79 Å². The van der Waals surface area contributed by atoms with Crippen molar-refractivity contribution in [3.8, 4) is 28.7 Å². The molecule has 1 aliphatic carbocycles. The van der Waals surface area contributed by atoms with Crippen LogP contribution in [-0.2, 0) is 11.2 Å². The van der Waals surface area contributed by atoms with Gasteiger partial charge in [-0.1, -0.05) is 25.5 Å². The summed E-state index contributed by atoms with van der Waals surface area (Å²) in [4.78, 5) is 13.0. The van der Waals surface area contributed by atoms with Crippen LogP contribution in [0.2, 0.25) is 0 Å². The van der Waals surface area contributed by atoms with Crippen LogP contribution in [0, 0.1) is 0 Å². The zero-order valence-corrected chi connectivity index (χ0v) is 18.3. The number of carbonyl (C=O) groups excluding carboxylic acids is 1. The fourth-order valence-corrected chi connectivity index (χ4v) is 4.10. The number of nitrogens with one attached hydrogen (secondary N) is 1. The van der Waals surface area contributed by atoms with Gasteiger partial charge in [-0.25, -0.2) is 0 Å². The Labute approximate surface area is 183 Å². The Morgan fingerprint density at radius 2 is 1.87 bits per heavy atom. The molecule has 7 nitrogen and oxygen atoms in total. The predicted molar refractivity (Wildman–Crippen MR) is 117 cm³/mol. The van der Waals surface area contributed by atoms with Crippen molar-refractivity contribution in [1.82, 2.24) is 5.32 Å². The zero-order chi connectivity index (χ0) is 22.4. The van der Waals surface area contributed by atoms with E-state index in [-0.39, 0.29) is 23.3 Å². The third-order valence-electron chi connectivity index (χ3n) is 5.73. The molecule has 1 amide bonds. The van der Waals surface area contributed by atoms with Crippen LogP contribution in [0.25, 0.3) is 0 Å². The van der Waals surface area contributed by atoms with Gasteiger partial charge in [0, 0.05) is 18.0 Å². The van der Waals surface area contributed by atoms with Crippen molar-refractivity contribution < 1.29 is 29.2 Å². The van der Waals surface area contributed by atoms with Crippen molar-refractivity contribution in [3.63, 3.8) is 0 Å². The van der Waals surface area contributed by atoms with Crippen LogP contribution < -0.4 is 19.5 Å². The monoisotopic (exact) mass is 429 g/mol. The molecule has 2 atom stereocenters. The van der Waals surface area contributed by atoms with E-state index in [1.54, 1.807) is 32.4 Å². The molecular formula is C24H31NO6. The van der Waals surface area contributed by atoms with E-state index >= 15 is 0 Å². The number of aromatic hydroxyl groups is 2. The molecule has 0 saturated heterocycles. The van der Waals surface area contributed by atoms with Crippen LogP contribution in [0.3, 0.4) is 0 Å². The predicted octanol–water partition coefficient (Wildman–Crippen LogP) is 3.90. The van der Waals surface area contributed by atoms with Crippen LogP contribution in [0.4, 0.5) is 0 Å². The number of ether oxygens (including phenoxy) is 3. The first-order valence-corrected chi connectivity index (χ1v) is 10.7. The van der Waals surface area contributed by atoms with Gasteiger partial charge < -0.3 is 29.7 Å². The number of rotatable bonds is 9. The summed E-state index contributed by atoms with van der Waals surface area (Å²) in [6, 6.07) is 8.66. The Morgan fingerprint density at radius 1 is 1.16 bits per heavy atom. The largest absolute Gasteiger partial charge is 0.504 e. The van der Waals surface area contributed by atoms with Gasteiger partial charge in [0.05, 0.1) is 14.2 Å². The minimum absolute atomic E-state index is 0.0519. The van der Waals surface area contributed by atoms with E-state index in [9.17, 15) is 15.0 Å². The first-order valence-electron chi connectivity index (χ1n) is 10.7. The van der Waals surface area contributed by atoms with Gasteiger partial charge >= 0.3 is 0 Å². The van der Waals surface area contributed by atoms with E-state index in [1.165, 1.54) is 6.07 Å². The average Bonchev–Trinajstić information content (AvgIpc) is 2.79. The fraction of sp³-hybridized carbons (Fsp3) is 0.458. The maximum Gasteiger partial charge on any atom is 0.261 e. The number of hydrogen-bond acceptors (Lipinski definition) is 6. The molecule has 7 heteroatoms. The van der Waals surface area contributed by atoms with Crippen LogP contribution in [0.15, 0.2) is 30.3 Å². The summed E-state index contributed by atoms with van der Waals surface area (Å²) in [5, 5.41) is 23.0. The first kappa shape index (κ1) is 22.6. The van der Waals surface area contributed by atoms with Gasteiger partial charge in [0.15, 0.2) is 29.1 Å². The van der Waals surface area contributed by atoms with Crippen LogP contribution in [-0.4, -0.2) is 43.0 Å². The molecule has 0 heterocycles. The van der Waals surface area contributed by atoms with Gasteiger partial charge in [0.2, 0.25) is 5.75 Å². The number of amides is 1. The molecule has 0 aromatic heterocycles. The number of phenolic OH excluding ortho intramolecular Hbond substituents is 2. The molecule has 1 aliphatic rings. The molecular weight excluding hydrogens is 398 g/mol. The standard InChI is InChI=1S/C24H31NO6/c1-4-7-21(31-23-19(29-2)10-6-11-20(23)30-3)24(28)25-14-15-8-5-9-17-16(15)12-13-18(26)22(17)27/h6,10-13,15,21,26-27H,4-5,7-9,14H2,1-3H3,(H,25,28). The third kappa shape index (κ3) is 4.98. The highest BCUT2D eigenvalue weighted by Crippen LogP contribution is 2.41. The molecule has 0 saturated carbocycles. The van der Waals surface area contributed by atoms with E-state index in [0.717, 1.165) is 36.8 Å². The molecule has 0 fully saturated rings. The second kappa shape index (κ2) is 10.3. The van der Waals surface area contributed by atoms with Gasteiger partial charge in [-0.05, 0) is 49.4 Å². The lowest BCUT2D eigenvalue weighted by molar-refractivity contribution is -0.128. The van der Waals surface area contributed by atoms with Gasteiger partial charge in [-0.15, -0.1) is 0 Å². The number of para-hydroxylation sites is 1. The Bertz CT molecular complexity index is 891. The Balaban J connectivity index is 1.73. The SMILES string of the molecule is CCCC(Oc1c(OC)cccc1OC)C(=O)NCC1CCCc2c1ccc(O)c2O. The van der Waals surface area contributed by atoms with E-state index in [4.69, 9.17) is 14.2 Å². The van der Waals surface area contributed by atoms with Crippen molar-refractivity contribution in [2.75, 3.05) is 20.8 Å². The number of methoxy groups -OCH3 is 2. The van der Waals surface area contributed by atoms with Gasteiger partial charge in [-0.2, -0.15) is 0 Å². The minimum Gasteiger partial charge on any atom is -0.504 e. The summed E-state index contributed by atoms with van der Waals surface area (Å²) >= 11 is 0. The number of phenols is 2. The number of carbonyl (C=O) groups is 1. The average molecular weight is 430 g/mol. The van der Waals surface area contributed by atoms with Crippen LogP contribution in [0.5, 0.6) is 28.7 Å². The third-order valence-corrected chi connectivity index (χ3v) is 5.73. The van der Waals surface area contributed by atoms with E-state index in [0.29, 0.717) is 30.2 Å². The van der Waals surface area contributed by atoms with Gasteiger partial charge in [0.25, 0.3) is 5.91 Å². The number of hydrogen-bond donors (Lipinski definition) is 3. The molecule has 0 bridgehead atoms. The molecule has 2 unspecified atom stereocenters. The lowest BCUT2D eigenvalue weighted by Gasteiger charge is -2.27. The maximum absolute atomic E-state index is 13.0. The molecule has 31 heavy (non-hydrogen) atoms. The summed E-state index contributed by atoms with van der Waals surface area (Å²) in [7, 11) is 3.09. The number of benzene rings is 2. The van der Waals surface area contributed by atoms with Crippen LogP contribution in [0.1, 0.15) is 49.7 Å².